The zero-order chi connectivity index (χ0) is 23.3. The summed E-state index contributed by atoms with van der Waals surface area (Å²) in [5.74, 6) is 0.594. The van der Waals surface area contributed by atoms with Crippen LogP contribution >= 0.6 is 0 Å². The van der Waals surface area contributed by atoms with E-state index in [1.165, 1.54) is 7.11 Å². The van der Waals surface area contributed by atoms with Crippen LogP contribution in [0.1, 0.15) is 23.9 Å². The van der Waals surface area contributed by atoms with Crippen molar-refractivity contribution in [2.45, 2.75) is 32.5 Å². The average Bonchev–Trinajstić information content (AvgIpc) is 3.22. The Balaban J connectivity index is 1.25. The molecular formula is C26H29NO6. The van der Waals surface area contributed by atoms with Gasteiger partial charge in [0.05, 0.1) is 32.6 Å². The Labute approximate surface area is 193 Å². The van der Waals surface area contributed by atoms with Crippen molar-refractivity contribution in [3.8, 4) is 17.2 Å². The van der Waals surface area contributed by atoms with Gasteiger partial charge in [-0.05, 0) is 43.2 Å². The topological polar surface area (TPSA) is 80.0 Å². The summed E-state index contributed by atoms with van der Waals surface area (Å²) in [4.78, 5) is 16.4. The first kappa shape index (κ1) is 23.0. The predicted molar refractivity (Wildman–Crippen MR) is 122 cm³/mol. The maximum atomic E-state index is 11.8. The molecule has 3 aromatic rings. The standard InChI is InChI=1S/C26H29NO6/c1-18-23(27-24(33-18)21-7-5-4-6-8-21)13-14-30-22-11-9-19(10-12-22)15-20-16-31-26(2,32-17-20)25(28)29-3/h4-12,20H,13-17H2,1-3H3. The van der Waals surface area contributed by atoms with Gasteiger partial charge in [0.15, 0.2) is 0 Å². The molecule has 1 fully saturated rings. The highest BCUT2D eigenvalue weighted by Crippen LogP contribution is 2.26. The van der Waals surface area contributed by atoms with Crippen LogP contribution in [0.25, 0.3) is 11.5 Å². The van der Waals surface area contributed by atoms with Crippen molar-refractivity contribution in [3.05, 3.63) is 71.6 Å². The van der Waals surface area contributed by atoms with Crippen molar-refractivity contribution < 1.29 is 28.2 Å². The second-order valence-corrected chi connectivity index (χ2v) is 8.26. The van der Waals surface area contributed by atoms with E-state index in [2.05, 4.69) is 4.98 Å². The number of hydrogen-bond donors (Lipinski definition) is 0. The number of carbonyl (C=O) groups is 1. The molecule has 4 rings (SSSR count). The van der Waals surface area contributed by atoms with Gasteiger partial charge in [0.25, 0.3) is 5.79 Å². The van der Waals surface area contributed by atoms with Gasteiger partial charge < -0.3 is 23.4 Å². The van der Waals surface area contributed by atoms with Crippen molar-refractivity contribution in [1.29, 1.82) is 0 Å². The Morgan fingerprint density at radius 2 is 1.79 bits per heavy atom. The Morgan fingerprint density at radius 1 is 1.09 bits per heavy atom. The van der Waals surface area contributed by atoms with Gasteiger partial charge in [-0.3, -0.25) is 0 Å². The molecule has 2 aromatic carbocycles. The lowest BCUT2D eigenvalue weighted by Crippen LogP contribution is -2.48. The number of benzene rings is 2. The van der Waals surface area contributed by atoms with Gasteiger partial charge in [-0.2, -0.15) is 0 Å². The third-order valence-corrected chi connectivity index (χ3v) is 5.71. The van der Waals surface area contributed by atoms with Gasteiger partial charge in [0.1, 0.15) is 11.5 Å². The van der Waals surface area contributed by atoms with Gasteiger partial charge in [-0.15, -0.1) is 0 Å². The fourth-order valence-corrected chi connectivity index (χ4v) is 3.75. The molecule has 0 bridgehead atoms. The van der Waals surface area contributed by atoms with Crippen LogP contribution in [-0.4, -0.2) is 43.7 Å². The lowest BCUT2D eigenvalue weighted by Gasteiger charge is -2.35. The molecule has 0 N–H and O–H groups in total. The minimum atomic E-state index is -1.31. The quantitative estimate of drug-likeness (QED) is 0.471. The SMILES string of the molecule is COC(=O)C1(C)OCC(Cc2ccc(OCCc3nc(-c4ccccc4)oc3C)cc2)CO1. The van der Waals surface area contributed by atoms with E-state index in [4.69, 9.17) is 23.4 Å². The molecule has 0 aliphatic carbocycles. The minimum Gasteiger partial charge on any atom is -0.493 e. The average molecular weight is 452 g/mol. The predicted octanol–water partition coefficient (Wildman–Crippen LogP) is 4.37. The third kappa shape index (κ3) is 5.61. The second-order valence-electron chi connectivity index (χ2n) is 8.26. The second kappa shape index (κ2) is 10.2. The summed E-state index contributed by atoms with van der Waals surface area (Å²) in [5, 5.41) is 0. The highest BCUT2D eigenvalue weighted by atomic mass is 16.7. The fraction of sp³-hybridized carbons (Fsp3) is 0.385. The monoisotopic (exact) mass is 451 g/mol. The molecule has 0 atom stereocenters. The van der Waals surface area contributed by atoms with Gasteiger partial charge in [-0.25, -0.2) is 9.78 Å². The van der Waals surface area contributed by atoms with E-state index in [1.54, 1.807) is 6.92 Å². The van der Waals surface area contributed by atoms with E-state index >= 15 is 0 Å². The van der Waals surface area contributed by atoms with Crippen LogP contribution < -0.4 is 4.74 Å². The third-order valence-electron chi connectivity index (χ3n) is 5.71. The van der Waals surface area contributed by atoms with Crippen molar-refractivity contribution >= 4 is 5.97 Å². The molecule has 0 amide bonds. The van der Waals surface area contributed by atoms with Crippen molar-refractivity contribution in [2.24, 2.45) is 5.92 Å². The molecule has 0 spiro atoms. The summed E-state index contributed by atoms with van der Waals surface area (Å²) < 4.78 is 27.7. The smallest absolute Gasteiger partial charge is 0.366 e. The number of hydrogen-bond acceptors (Lipinski definition) is 7. The molecule has 1 aliphatic rings. The number of methoxy groups -OCH3 is 1. The summed E-state index contributed by atoms with van der Waals surface area (Å²) in [6, 6.07) is 17.9. The van der Waals surface area contributed by atoms with Crippen LogP contribution in [0.15, 0.2) is 59.0 Å². The Kier molecular flexibility index (Phi) is 7.11. The molecule has 2 heterocycles. The maximum absolute atomic E-state index is 11.8. The number of aromatic nitrogens is 1. The number of rotatable bonds is 8. The highest BCUT2D eigenvalue weighted by Gasteiger charge is 2.41. The molecule has 0 unspecified atom stereocenters. The first-order valence-electron chi connectivity index (χ1n) is 11.1. The van der Waals surface area contributed by atoms with E-state index in [9.17, 15) is 4.79 Å². The summed E-state index contributed by atoms with van der Waals surface area (Å²) in [6.07, 6.45) is 1.46. The molecule has 1 aromatic heterocycles. The first-order valence-corrected chi connectivity index (χ1v) is 11.1. The van der Waals surface area contributed by atoms with E-state index < -0.39 is 11.8 Å². The maximum Gasteiger partial charge on any atom is 0.366 e. The van der Waals surface area contributed by atoms with Crippen LogP contribution in [0.3, 0.4) is 0 Å². The van der Waals surface area contributed by atoms with E-state index in [-0.39, 0.29) is 5.92 Å². The number of carbonyl (C=O) groups excluding carboxylic acids is 1. The van der Waals surface area contributed by atoms with Gasteiger partial charge in [0, 0.05) is 24.8 Å². The molecule has 33 heavy (non-hydrogen) atoms. The Morgan fingerprint density at radius 3 is 2.45 bits per heavy atom. The molecule has 0 saturated carbocycles. The normalized spacial score (nSPS) is 20.4. The first-order chi connectivity index (χ1) is 16.0. The lowest BCUT2D eigenvalue weighted by molar-refractivity contribution is -0.272. The molecule has 1 saturated heterocycles. The van der Waals surface area contributed by atoms with Gasteiger partial charge >= 0.3 is 5.97 Å². The highest BCUT2D eigenvalue weighted by molar-refractivity contribution is 5.77. The van der Waals surface area contributed by atoms with Crippen LogP contribution in [0.4, 0.5) is 0 Å². The molecule has 174 valence electrons. The lowest BCUT2D eigenvalue weighted by atomic mass is 9.99. The summed E-state index contributed by atoms with van der Waals surface area (Å²) >= 11 is 0. The molecule has 7 heteroatoms. The Bertz CT molecular complexity index is 1050. The molecule has 7 nitrogen and oxygen atoms in total. The minimum absolute atomic E-state index is 0.170. The summed E-state index contributed by atoms with van der Waals surface area (Å²) in [5.41, 5.74) is 3.02. The fourth-order valence-electron chi connectivity index (χ4n) is 3.75. The number of nitrogens with zero attached hydrogens (tertiary/aromatic N) is 1. The largest absolute Gasteiger partial charge is 0.493 e. The van der Waals surface area contributed by atoms with Gasteiger partial charge in [0.2, 0.25) is 5.89 Å². The summed E-state index contributed by atoms with van der Waals surface area (Å²) in [6.45, 7) is 4.90. The summed E-state index contributed by atoms with van der Waals surface area (Å²) in [7, 11) is 1.32. The molecule has 0 radical (unpaired) electrons. The van der Waals surface area contributed by atoms with Crippen molar-refractivity contribution in [1.82, 2.24) is 4.98 Å². The van der Waals surface area contributed by atoms with Crippen molar-refractivity contribution in [3.63, 3.8) is 0 Å². The number of esters is 1. The van der Waals surface area contributed by atoms with Gasteiger partial charge in [-0.1, -0.05) is 30.3 Å². The zero-order valence-corrected chi connectivity index (χ0v) is 19.2. The molecular weight excluding hydrogens is 422 g/mol. The van der Waals surface area contributed by atoms with E-state index in [0.29, 0.717) is 32.1 Å². The van der Waals surface area contributed by atoms with Crippen LogP contribution in [0.5, 0.6) is 5.75 Å². The number of ether oxygens (including phenoxy) is 4. The zero-order valence-electron chi connectivity index (χ0n) is 19.2. The van der Waals surface area contributed by atoms with Crippen LogP contribution in [0, 0.1) is 12.8 Å². The van der Waals surface area contributed by atoms with Crippen molar-refractivity contribution in [2.75, 3.05) is 26.9 Å². The van der Waals surface area contributed by atoms with E-state index in [1.807, 2.05) is 61.5 Å². The van der Waals surface area contributed by atoms with Crippen LogP contribution in [0.2, 0.25) is 0 Å². The number of oxazole rings is 1. The number of aryl methyl sites for hydroxylation is 1. The van der Waals surface area contributed by atoms with Crippen LogP contribution in [-0.2, 0) is 31.8 Å². The Hall–Kier alpha value is -3.16. The molecule has 1 aliphatic heterocycles. The van der Waals surface area contributed by atoms with E-state index in [0.717, 1.165) is 34.8 Å².